The number of halogens is 1. The Labute approximate surface area is 122 Å². The molecular formula is C14H18ClN3O2. The Bertz CT molecular complexity index is 581. The summed E-state index contributed by atoms with van der Waals surface area (Å²) in [5.41, 5.74) is 1.66. The molecule has 2 N–H and O–H groups in total. The van der Waals surface area contributed by atoms with Gasteiger partial charge in [-0.2, -0.15) is 5.10 Å². The van der Waals surface area contributed by atoms with Crippen molar-refractivity contribution in [3.8, 4) is 0 Å². The first-order chi connectivity index (χ1) is 9.75. The van der Waals surface area contributed by atoms with Gasteiger partial charge in [-0.25, -0.2) is 0 Å². The number of ether oxygens (including phenoxy) is 1. The minimum absolute atomic E-state index is 0.551. The van der Waals surface area contributed by atoms with Crippen molar-refractivity contribution in [3.05, 3.63) is 28.9 Å². The van der Waals surface area contributed by atoms with E-state index < -0.39 is 6.10 Å². The zero-order valence-corrected chi connectivity index (χ0v) is 11.9. The van der Waals surface area contributed by atoms with Crippen LogP contribution >= 0.6 is 11.6 Å². The lowest BCUT2D eigenvalue weighted by molar-refractivity contribution is 0.0300. The van der Waals surface area contributed by atoms with Gasteiger partial charge in [0.15, 0.2) is 0 Å². The average Bonchev–Trinajstić information content (AvgIpc) is 2.96. The highest BCUT2D eigenvalue weighted by Crippen LogP contribution is 2.31. The van der Waals surface area contributed by atoms with E-state index >= 15 is 0 Å². The number of nitrogens with zero attached hydrogens (tertiary/aromatic N) is 2. The summed E-state index contributed by atoms with van der Waals surface area (Å²) in [6.45, 7) is 4.27. The molecule has 1 unspecified atom stereocenters. The van der Waals surface area contributed by atoms with E-state index in [0.29, 0.717) is 11.4 Å². The van der Waals surface area contributed by atoms with Crippen LogP contribution in [-0.4, -0.2) is 53.1 Å². The van der Waals surface area contributed by atoms with Crippen molar-refractivity contribution in [2.24, 2.45) is 0 Å². The first kappa shape index (κ1) is 13.8. The highest BCUT2D eigenvalue weighted by Gasteiger charge is 2.17. The minimum atomic E-state index is -0.551. The van der Waals surface area contributed by atoms with Crippen molar-refractivity contribution in [3.63, 3.8) is 0 Å². The molecule has 2 heterocycles. The van der Waals surface area contributed by atoms with Gasteiger partial charge in [-0.3, -0.25) is 10.00 Å². The number of benzene rings is 1. The molecule has 0 saturated carbocycles. The van der Waals surface area contributed by atoms with Crippen LogP contribution in [0.5, 0.6) is 0 Å². The molecule has 0 aliphatic carbocycles. The largest absolute Gasteiger partial charge is 0.388 e. The molecule has 6 heteroatoms. The van der Waals surface area contributed by atoms with E-state index in [-0.39, 0.29) is 0 Å². The van der Waals surface area contributed by atoms with Crippen molar-refractivity contribution in [1.29, 1.82) is 0 Å². The maximum Gasteiger partial charge on any atom is 0.0816 e. The SMILES string of the molecule is OC(CCN1CCOCC1)c1ccc2[nH]ncc2c1Cl. The summed E-state index contributed by atoms with van der Waals surface area (Å²) in [4.78, 5) is 2.30. The second-order valence-electron chi connectivity index (χ2n) is 5.06. The summed E-state index contributed by atoms with van der Waals surface area (Å²) < 4.78 is 5.31. The molecule has 108 valence electrons. The number of rotatable bonds is 4. The molecule has 2 aromatic rings. The van der Waals surface area contributed by atoms with E-state index in [1.165, 1.54) is 0 Å². The van der Waals surface area contributed by atoms with Crippen LogP contribution in [-0.2, 0) is 4.74 Å². The van der Waals surface area contributed by atoms with Crippen LogP contribution in [0.4, 0.5) is 0 Å². The zero-order valence-electron chi connectivity index (χ0n) is 11.2. The highest BCUT2D eigenvalue weighted by molar-refractivity contribution is 6.36. The molecule has 1 aliphatic heterocycles. The number of morpholine rings is 1. The first-order valence-corrected chi connectivity index (χ1v) is 7.23. The highest BCUT2D eigenvalue weighted by atomic mass is 35.5. The second-order valence-corrected chi connectivity index (χ2v) is 5.44. The van der Waals surface area contributed by atoms with E-state index in [1.807, 2.05) is 12.1 Å². The Hall–Kier alpha value is -1.14. The predicted octanol–water partition coefficient (Wildman–Crippen LogP) is 1.97. The summed E-state index contributed by atoms with van der Waals surface area (Å²) in [7, 11) is 0. The third-order valence-electron chi connectivity index (χ3n) is 3.77. The van der Waals surface area contributed by atoms with Crippen LogP contribution in [0.2, 0.25) is 5.02 Å². The number of H-pyrrole nitrogens is 1. The van der Waals surface area contributed by atoms with Gasteiger partial charge in [-0.15, -0.1) is 0 Å². The van der Waals surface area contributed by atoms with Gasteiger partial charge >= 0.3 is 0 Å². The van der Waals surface area contributed by atoms with Gasteiger partial charge in [0.2, 0.25) is 0 Å². The minimum Gasteiger partial charge on any atom is -0.388 e. The Morgan fingerprint density at radius 1 is 1.40 bits per heavy atom. The molecule has 1 aromatic heterocycles. The number of aromatic amines is 1. The van der Waals surface area contributed by atoms with Crippen molar-refractivity contribution >= 4 is 22.5 Å². The zero-order chi connectivity index (χ0) is 13.9. The van der Waals surface area contributed by atoms with E-state index in [1.54, 1.807) is 6.20 Å². The predicted molar refractivity (Wildman–Crippen MR) is 77.9 cm³/mol. The fraction of sp³-hybridized carbons (Fsp3) is 0.500. The fourth-order valence-electron chi connectivity index (χ4n) is 2.54. The van der Waals surface area contributed by atoms with Crippen LogP contribution in [0.25, 0.3) is 10.9 Å². The monoisotopic (exact) mass is 295 g/mol. The van der Waals surface area contributed by atoms with E-state index in [2.05, 4.69) is 15.1 Å². The van der Waals surface area contributed by atoms with Crippen molar-refractivity contribution in [1.82, 2.24) is 15.1 Å². The maximum atomic E-state index is 10.4. The molecule has 1 saturated heterocycles. The molecule has 20 heavy (non-hydrogen) atoms. The first-order valence-electron chi connectivity index (χ1n) is 6.85. The molecule has 5 nitrogen and oxygen atoms in total. The van der Waals surface area contributed by atoms with Gasteiger partial charge in [0.05, 0.1) is 36.1 Å². The summed E-state index contributed by atoms with van der Waals surface area (Å²) >= 11 is 6.35. The van der Waals surface area contributed by atoms with Crippen molar-refractivity contribution in [2.75, 3.05) is 32.8 Å². The van der Waals surface area contributed by atoms with Gasteiger partial charge in [-0.05, 0) is 18.1 Å². The second kappa shape index (κ2) is 6.10. The molecule has 1 aliphatic rings. The topological polar surface area (TPSA) is 61.4 Å². The Morgan fingerprint density at radius 3 is 3.00 bits per heavy atom. The number of aliphatic hydroxyl groups is 1. The van der Waals surface area contributed by atoms with Crippen molar-refractivity contribution in [2.45, 2.75) is 12.5 Å². The summed E-state index contributed by atoms with van der Waals surface area (Å²) in [6, 6.07) is 3.77. The maximum absolute atomic E-state index is 10.4. The quantitative estimate of drug-likeness (QED) is 0.905. The number of hydrogen-bond donors (Lipinski definition) is 2. The number of hydrogen-bond acceptors (Lipinski definition) is 4. The molecular weight excluding hydrogens is 278 g/mol. The van der Waals surface area contributed by atoms with Crippen LogP contribution in [0, 0.1) is 0 Å². The Kier molecular flexibility index (Phi) is 4.21. The van der Waals surface area contributed by atoms with Crippen molar-refractivity contribution < 1.29 is 9.84 Å². The van der Waals surface area contributed by atoms with Crippen LogP contribution in [0.15, 0.2) is 18.3 Å². The number of nitrogens with one attached hydrogen (secondary N) is 1. The lowest BCUT2D eigenvalue weighted by Gasteiger charge is -2.27. The number of aliphatic hydroxyl groups excluding tert-OH is 1. The molecule has 1 atom stereocenters. The lowest BCUT2D eigenvalue weighted by atomic mass is 10.0. The summed E-state index contributed by atoms with van der Waals surface area (Å²) in [5, 5.41) is 18.6. The molecule has 0 radical (unpaired) electrons. The molecule has 0 bridgehead atoms. The summed E-state index contributed by atoms with van der Waals surface area (Å²) in [6.07, 6.45) is 1.81. The van der Waals surface area contributed by atoms with E-state index in [9.17, 15) is 5.11 Å². The van der Waals surface area contributed by atoms with Crippen LogP contribution in [0.1, 0.15) is 18.1 Å². The van der Waals surface area contributed by atoms with Gasteiger partial charge in [0.1, 0.15) is 0 Å². The van der Waals surface area contributed by atoms with E-state index in [0.717, 1.165) is 49.3 Å². The molecule has 0 amide bonds. The third kappa shape index (κ3) is 2.81. The molecule has 1 aromatic carbocycles. The molecule has 1 fully saturated rings. The number of aromatic nitrogens is 2. The number of fused-ring (bicyclic) bond motifs is 1. The Morgan fingerprint density at radius 2 is 2.20 bits per heavy atom. The fourth-order valence-corrected chi connectivity index (χ4v) is 2.88. The van der Waals surface area contributed by atoms with Gasteiger partial charge in [0, 0.05) is 25.0 Å². The lowest BCUT2D eigenvalue weighted by Crippen LogP contribution is -2.37. The molecule has 0 spiro atoms. The van der Waals surface area contributed by atoms with Gasteiger partial charge in [0.25, 0.3) is 0 Å². The van der Waals surface area contributed by atoms with Crippen LogP contribution in [0.3, 0.4) is 0 Å². The van der Waals surface area contributed by atoms with Gasteiger partial charge < -0.3 is 9.84 Å². The van der Waals surface area contributed by atoms with Gasteiger partial charge in [-0.1, -0.05) is 17.7 Å². The standard InChI is InChI=1S/C14H18ClN3O2/c15-14-10(1-2-12-11(14)9-16-17-12)13(19)3-4-18-5-7-20-8-6-18/h1-2,9,13,19H,3-8H2,(H,16,17). The molecule has 3 rings (SSSR count). The Balaban J connectivity index is 1.68. The average molecular weight is 296 g/mol. The third-order valence-corrected chi connectivity index (χ3v) is 4.19. The van der Waals surface area contributed by atoms with E-state index in [4.69, 9.17) is 16.3 Å². The summed E-state index contributed by atoms with van der Waals surface area (Å²) in [5.74, 6) is 0. The smallest absolute Gasteiger partial charge is 0.0816 e. The van der Waals surface area contributed by atoms with Crippen LogP contribution < -0.4 is 0 Å². The normalized spacial score (nSPS) is 18.5.